The normalized spacial score (nSPS) is 11.7. The second kappa shape index (κ2) is 8.26. The van der Waals surface area contributed by atoms with Crippen LogP contribution in [-0.4, -0.2) is 29.7 Å². The van der Waals surface area contributed by atoms with Crippen molar-refractivity contribution in [2.75, 3.05) is 14.2 Å². The van der Waals surface area contributed by atoms with Crippen molar-refractivity contribution in [3.8, 4) is 11.5 Å². The van der Waals surface area contributed by atoms with E-state index < -0.39 is 6.04 Å². The van der Waals surface area contributed by atoms with Gasteiger partial charge in [0.05, 0.1) is 18.7 Å². The smallest absolute Gasteiger partial charge is 0.252 e. The molecule has 1 atom stereocenters. The highest BCUT2D eigenvalue weighted by Crippen LogP contribution is 2.30. The number of hydrogen-bond donors (Lipinski definition) is 1. The number of ether oxygens (including phenoxy) is 2. The molecule has 0 aliphatic carbocycles. The minimum atomic E-state index is -0.463. The van der Waals surface area contributed by atoms with E-state index in [1.54, 1.807) is 38.6 Å². The molecule has 3 aromatic rings. The quantitative estimate of drug-likeness (QED) is 0.648. The maximum atomic E-state index is 12.9. The van der Waals surface area contributed by atoms with E-state index >= 15 is 0 Å². The highest BCUT2D eigenvalue weighted by atomic mass is 79.9. The maximum Gasteiger partial charge on any atom is 0.252 e. The van der Waals surface area contributed by atoms with Crippen molar-refractivity contribution in [2.45, 2.75) is 6.04 Å². The number of imidazole rings is 1. The summed E-state index contributed by atoms with van der Waals surface area (Å²) in [5, 5.41) is 3.07. The third-order valence-electron chi connectivity index (χ3n) is 4.26. The lowest BCUT2D eigenvalue weighted by Gasteiger charge is -2.21. The second-order valence-corrected chi connectivity index (χ2v) is 6.75. The van der Waals surface area contributed by atoms with Crippen molar-refractivity contribution < 1.29 is 14.3 Å². The van der Waals surface area contributed by atoms with Crippen molar-refractivity contribution >= 4 is 21.8 Å². The molecule has 3 rings (SSSR count). The summed E-state index contributed by atoms with van der Waals surface area (Å²) in [6.07, 6.45) is 3.54. The Balaban J connectivity index is 1.98. The van der Waals surface area contributed by atoms with Gasteiger partial charge in [-0.2, -0.15) is 0 Å². The first-order valence-corrected chi connectivity index (χ1v) is 9.09. The van der Waals surface area contributed by atoms with E-state index in [0.29, 0.717) is 27.4 Å². The third kappa shape index (κ3) is 3.98. The molecular weight excluding hydrogens is 410 g/mol. The molecule has 7 heteroatoms. The number of nitrogens with one attached hydrogen (secondary N) is 1. The fraction of sp³-hybridized carbons (Fsp3) is 0.200. The van der Waals surface area contributed by atoms with Crippen molar-refractivity contribution in [1.82, 2.24) is 14.9 Å². The van der Waals surface area contributed by atoms with E-state index in [1.165, 1.54) is 0 Å². The van der Waals surface area contributed by atoms with Gasteiger partial charge in [0, 0.05) is 30.6 Å². The van der Waals surface area contributed by atoms with Crippen LogP contribution in [0.25, 0.3) is 0 Å². The standard InChI is InChI=1S/C20H20BrN3O3/c1-24-11-10-22-19(24)18(14-6-4-5-7-16(14)26-2)23-20(25)13-8-9-17(27-3)15(21)12-13/h4-12,18H,1-3H3,(H,23,25). The monoisotopic (exact) mass is 429 g/mol. The Morgan fingerprint density at radius 3 is 2.52 bits per heavy atom. The largest absolute Gasteiger partial charge is 0.496 e. The zero-order valence-corrected chi connectivity index (χ0v) is 16.9. The van der Waals surface area contributed by atoms with Crippen LogP contribution >= 0.6 is 15.9 Å². The van der Waals surface area contributed by atoms with Crippen LogP contribution in [-0.2, 0) is 7.05 Å². The Labute approximate surface area is 166 Å². The van der Waals surface area contributed by atoms with Crippen LogP contribution in [0, 0.1) is 0 Å². The molecule has 0 saturated carbocycles. The maximum absolute atomic E-state index is 12.9. The van der Waals surface area contributed by atoms with Gasteiger partial charge < -0.3 is 19.4 Å². The Hall–Kier alpha value is -2.80. The molecule has 0 fully saturated rings. The average molecular weight is 430 g/mol. The van der Waals surface area contributed by atoms with Gasteiger partial charge in [-0.25, -0.2) is 4.98 Å². The van der Waals surface area contributed by atoms with E-state index in [2.05, 4.69) is 26.2 Å². The summed E-state index contributed by atoms with van der Waals surface area (Å²) in [5.41, 5.74) is 1.34. The number of benzene rings is 2. The number of hydrogen-bond acceptors (Lipinski definition) is 4. The molecule has 0 spiro atoms. The number of rotatable bonds is 6. The summed E-state index contributed by atoms with van der Waals surface area (Å²) < 4.78 is 13.3. The lowest BCUT2D eigenvalue weighted by Crippen LogP contribution is -2.31. The van der Waals surface area contributed by atoms with Gasteiger partial charge in [0.25, 0.3) is 5.91 Å². The van der Waals surface area contributed by atoms with Gasteiger partial charge in [-0.15, -0.1) is 0 Å². The van der Waals surface area contributed by atoms with Gasteiger partial charge in [-0.1, -0.05) is 18.2 Å². The minimum absolute atomic E-state index is 0.225. The zero-order valence-electron chi connectivity index (χ0n) is 15.3. The molecule has 0 saturated heterocycles. The van der Waals surface area contributed by atoms with E-state index in [4.69, 9.17) is 9.47 Å². The summed E-state index contributed by atoms with van der Waals surface area (Å²) in [4.78, 5) is 17.4. The Morgan fingerprint density at radius 1 is 1.15 bits per heavy atom. The number of nitrogens with zero attached hydrogens (tertiary/aromatic N) is 2. The number of carbonyl (C=O) groups excluding carboxylic acids is 1. The molecular formula is C20H20BrN3O3. The molecule has 0 aliphatic heterocycles. The number of amides is 1. The number of carbonyl (C=O) groups is 1. The first kappa shape index (κ1) is 19.0. The molecule has 0 bridgehead atoms. The number of halogens is 1. The van der Waals surface area contributed by atoms with Crippen molar-refractivity contribution in [3.05, 3.63) is 76.3 Å². The van der Waals surface area contributed by atoms with Gasteiger partial charge >= 0.3 is 0 Å². The van der Waals surface area contributed by atoms with E-state index in [0.717, 1.165) is 5.56 Å². The molecule has 1 aromatic heterocycles. The first-order valence-electron chi connectivity index (χ1n) is 8.29. The fourth-order valence-electron chi connectivity index (χ4n) is 2.86. The van der Waals surface area contributed by atoms with Gasteiger partial charge in [0.15, 0.2) is 0 Å². The summed E-state index contributed by atoms with van der Waals surface area (Å²) in [6, 6.07) is 12.3. The van der Waals surface area contributed by atoms with Gasteiger partial charge in [-0.05, 0) is 40.2 Å². The molecule has 1 N–H and O–H groups in total. The molecule has 1 heterocycles. The van der Waals surface area contributed by atoms with Crippen LogP contribution in [0.1, 0.15) is 27.8 Å². The van der Waals surface area contributed by atoms with Crippen molar-refractivity contribution in [1.29, 1.82) is 0 Å². The molecule has 2 aromatic carbocycles. The van der Waals surface area contributed by atoms with Crippen LogP contribution in [0.2, 0.25) is 0 Å². The van der Waals surface area contributed by atoms with E-state index in [-0.39, 0.29) is 5.91 Å². The highest BCUT2D eigenvalue weighted by Gasteiger charge is 2.24. The fourth-order valence-corrected chi connectivity index (χ4v) is 3.40. The van der Waals surface area contributed by atoms with Crippen LogP contribution in [0.5, 0.6) is 11.5 Å². The first-order chi connectivity index (χ1) is 13.0. The average Bonchev–Trinajstić information content (AvgIpc) is 3.11. The molecule has 140 valence electrons. The van der Waals surface area contributed by atoms with Crippen LogP contribution in [0.15, 0.2) is 59.3 Å². The topological polar surface area (TPSA) is 65.4 Å². The predicted molar refractivity (Wildman–Crippen MR) is 106 cm³/mol. The Kier molecular flexibility index (Phi) is 5.81. The van der Waals surface area contributed by atoms with Gasteiger partial charge in [0.2, 0.25) is 0 Å². The summed E-state index contributed by atoms with van der Waals surface area (Å²) >= 11 is 3.42. The summed E-state index contributed by atoms with van der Waals surface area (Å²) in [7, 11) is 5.08. The minimum Gasteiger partial charge on any atom is -0.496 e. The number of para-hydroxylation sites is 1. The number of aromatic nitrogens is 2. The highest BCUT2D eigenvalue weighted by molar-refractivity contribution is 9.10. The van der Waals surface area contributed by atoms with Crippen LogP contribution < -0.4 is 14.8 Å². The van der Waals surface area contributed by atoms with E-state index in [9.17, 15) is 4.79 Å². The molecule has 0 radical (unpaired) electrons. The molecule has 0 aliphatic rings. The Morgan fingerprint density at radius 2 is 1.89 bits per heavy atom. The third-order valence-corrected chi connectivity index (χ3v) is 4.88. The van der Waals surface area contributed by atoms with Crippen molar-refractivity contribution in [2.24, 2.45) is 7.05 Å². The van der Waals surface area contributed by atoms with E-state index in [1.807, 2.05) is 42.1 Å². The number of aryl methyl sites for hydroxylation is 1. The summed E-state index contributed by atoms with van der Waals surface area (Å²) in [6.45, 7) is 0. The lowest BCUT2D eigenvalue weighted by atomic mass is 10.0. The van der Waals surface area contributed by atoms with Gasteiger partial charge in [-0.3, -0.25) is 4.79 Å². The van der Waals surface area contributed by atoms with Gasteiger partial charge in [0.1, 0.15) is 23.4 Å². The molecule has 1 unspecified atom stereocenters. The SMILES string of the molecule is COc1ccc(C(=O)NC(c2ccccc2OC)c2nccn2C)cc1Br. The van der Waals surface area contributed by atoms with Crippen molar-refractivity contribution in [3.63, 3.8) is 0 Å². The van der Waals surface area contributed by atoms with Crippen LogP contribution in [0.4, 0.5) is 0 Å². The summed E-state index contributed by atoms with van der Waals surface area (Å²) in [5.74, 6) is 1.83. The lowest BCUT2D eigenvalue weighted by molar-refractivity contribution is 0.0940. The molecule has 27 heavy (non-hydrogen) atoms. The number of methoxy groups -OCH3 is 2. The van der Waals surface area contributed by atoms with Crippen LogP contribution in [0.3, 0.4) is 0 Å². The molecule has 6 nitrogen and oxygen atoms in total. The predicted octanol–water partition coefficient (Wildman–Crippen LogP) is 3.72. The zero-order chi connectivity index (χ0) is 19.4. The second-order valence-electron chi connectivity index (χ2n) is 5.89. The Bertz CT molecular complexity index is 955. The molecule has 1 amide bonds.